The Balaban J connectivity index is 1.27. The van der Waals surface area contributed by atoms with Crippen molar-refractivity contribution >= 4 is 17.8 Å². The van der Waals surface area contributed by atoms with Crippen LogP contribution in [0.1, 0.15) is 88.9 Å². The van der Waals surface area contributed by atoms with Crippen molar-refractivity contribution in [2.75, 3.05) is 39.5 Å². The molecule has 4 heterocycles. The lowest BCUT2D eigenvalue weighted by Crippen LogP contribution is -2.40. The molecule has 0 aliphatic carbocycles. The van der Waals surface area contributed by atoms with Crippen molar-refractivity contribution in [1.82, 2.24) is 20.0 Å². The fraction of sp³-hybridized carbons (Fsp3) is 0.600. The molecule has 2 fully saturated rings. The Kier molecular flexibility index (Phi) is 7.80. The Morgan fingerprint density at radius 3 is 2.44 bits per heavy atom. The first-order valence-electron chi connectivity index (χ1n) is 14.2. The number of rotatable bonds is 7. The molecular weight excluding hydrogens is 496 g/mol. The highest BCUT2D eigenvalue weighted by Crippen LogP contribution is 2.39. The summed E-state index contributed by atoms with van der Waals surface area (Å²) in [6, 6.07) is 6.72. The van der Waals surface area contributed by atoms with Crippen molar-refractivity contribution in [3.8, 4) is 0 Å². The molecule has 2 aromatic rings. The highest BCUT2D eigenvalue weighted by Gasteiger charge is 2.40. The molecule has 9 nitrogen and oxygen atoms in total. The molecule has 1 N–H and O–H groups in total. The van der Waals surface area contributed by atoms with Gasteiger partial charge in [-0.25, -0.2) is 4.79 Å². The van der Waals surface area contributed by atoms with Crippen molar-refractivity contribution in [3.05, 3.63) is 52.3 Å². The number of amides is 2. The number of hydrogen-bond donors (Lipinski definition) is 1. The van der Waals surface area contributed by atoms with E-state index in [1.54, 1.807) is 24.3 Å². The highest BCUT2D eigenvalue weighted by atomic mass is 16.5. The number of aromatic nitrogens is 2. The van der Waals surface area contributed by atoms with Gasteiger partial charge in [-0.3, -0.25) is 14.3 Å². The van der Waals surface area contributed by atoms with Crippen LogP contribution in [0.2, 0.25) is 0 Å². The number of aryl methyl sites for hydroxylation is 1. The number of likely N-dealkylation sites (tertiary alicyclic amines) is 1. The van der Waals surface area contributed by atoms with E-state index in [0.717, 1.165) is 56.5 Å². The SMILES string of the molecule is CCn1nc(CC(C)(C)COC(=O)c2ccc(C(=O)N3CCCC3)cc2)c2c1C(=O)NCC1(CCOCC1)C2. The third kappa shape index (κ3) is 5.88. The summed E-state index contributed by atoms with van der Waals surface area (Å²) in [5, 5.41) is 8.01. The second kappa shape index (κ2) is 11.1. The lowest BCUT2D eigenvalue weighted by Gasteiger charge is -2.36. The topological polar surface area (TPSA) is 103 Å². The van der Waals surface area contributed by atoms with Gasteiger partial charge >= 0.3 is 5.97 Å². The number of nitrogens with zero attached hydrogens (tertiary/aromatic N) is 3. The van der Waals surface area contributed by atoms with Gasteiger partial charge in [-0.15, -0.1) is 0 Å². The zero-order chi connectivity index (χ0) is 27.6. The maximum Gasteiger partial charge on any atom is 0.338 e. The molecule has 39 heavy (non-hydrogen) atoms. The van der Waals surface area contributed by atoms with Gasteiger partial charge in [-0.05, 0) is 68.7 Å². The zero-order valence-electron chi connectivity index (χ0n) is 23.4. The van der Waals surface area contributed by atoms with Gasteiger partial charge in [0.05, 0.1) is 17.9 Å². The van der Waals surface area contributed by atoms with Crippen LogP contribution < -0.4 is 5.32 Å². The van der Waals surface area contributed by atoms with Crippen LogP contribution >= 0.6 is 0 Å². The molecule has 2 saturated heterocycles. The Hall–Kier alpha value is -3.20. The van der Waals surface area contributed by atoms with Crippen molar-refractivity contribution in [1.29, 1.82) is 0 Å². The summed E-state index contributed by atoms with van der Waals surface area (Å²) >= 11 is 0. The number of carbonyl (C=O) groups is 3. The second-order valence-corrected chi connectivity index (χ2v) is 12.1. The Morgan fingerprint density at radius 2 is 1.77 bits per heavy atom. The number of carbonyl (C=O) groups excluding carboxylic acids is 3. The monoisotopic (exact) mass is 536 g/mol. The van der Waals surface area contributed by atoms with Crippen LogP contribution in [-0.4, -0.2) is 71.9 Å². The van der Waals surface area contributed by atoms with Crippen molar-refractivity contribution in [3.63, 3.8) is 0 Å². The van der Waals surface area contributed by atoms with Gasteiger partial charge in [-0.1, -0.05) is 13.8 Å². The normalized spacial score (nSPS) is 18.9. The first-order valence-corrected chi connectivity index (χ1v) is 14.2. The molecule has 3 aliphatic heterocycles. The second-order valence-electron chi connectivity index (χ2n) is 12.1. The average molecular weight is 537 g/mol. The third-order valence-electron chi connectivity index (χ3n) is 8.38. The standard InChI is InChI=1S/C30H40N4O5/c1-4-34-25-23(17-30(19-31-26(25)35)11-15-38-16-12-30)24(32-34)18-29(2,3)20-39-28(37)22-9-7-21(8-10-22)27(36)33-13-5-6-14-33/h7-10H,4-6,11-20H2,1-3H3,(H,31,35). The van der Waals surface area contributed by atoms with Crippen LogP contribution in [0.4, 0.5) is 0 Å². The number of fused-ring (bicyclic) bond motifs is 1. The average Bonchev–Trinajstić information content (AvgIpc) is 3.56. The molecule has 0 radical (unpaired) electrons. The van der Waals surface area contributed by atoms with E-state index < -0.39 is 11.4 Å². The van der Waals surface area contributed by atoms with Crippen molar-refractivity contribution in [2.45, 2.75) is 65.8 Å². The molecule has 1 aromatic heterocycles. The number of hydrogen-bond acceptors (Lipinski definition) is 6. The molecule has 1 spiro atoms. The Bertz CT molecular complexity index is 1220. The number of nitrogens with one attached hydrogen (secondary N) is 1. The van der Waals surface area contributed by atoms with E-state index in [4.69, 9.17) is 14.6 Å². The molecule has 0 atom stereocenters. The molecule has 9 heteroatoms. The van der Waals surface area contributed by atoms with Gasteiger partial charge in [-0.2, -0.15) is 5.10 Å². The smallest absolute Gasteiger partial charge is 0.338 e. The van der Waals surface area contributed by atoms with Crippen LogP contribution in [0.15, 0.2) is 24.3 Å². The van der Waals surface area contributed by atoms with Gasteiger partial charge < -0.3 is 19.7 Å². The van der Waals surface area contributed by atoms with Gasteiger partial charge in [0.15, 0.2) is 0 Å². The molecule has 5 rings (SSSR count). The maximum absolute atomic E-state index is 13.1. The summed E-state index contributed by atoms with van der Waals surface area (Å²) in [6.45, 7) is 10.6. The van der Waals surface area contributed by atoms with Crippen LogP contribution in [0.5, 0.6) is 0 Å². The summed E-state index contributed by atoms with van der Waals surface area (Å²) in [4.78, 5) is 40.4. The van der Waals surface area contributed by atoms with E-state index in [1.165, 1.54) is 0 Å². The fourth-order valence-corrected chi connectivity index (χ4v) is 6.01. The highest BCUT2D eigenvalue weighted by molar-refractivity contribution is 5.96. The number of esters is 1. The fourth-order valence-electron chi connectivity index (χ4n) is 6.01. The molecule has 1 aromatic carbocycles. The number of ether oxygens (including phenoxy) is 2. The van der Waals surface area contributed by atoms with E-state index in [2.05, 4.69) is 19.2 Å². The Morgan fingerprint density at radius 1 is 1.10 bits per heavy atom. The van der Waals surface area contributed by atoms with E-state index in [-0.39, 0.29) is 23.8 Å². The molecule has 210 valence electrons. The first-order chi connectivity index (χ1) is 18.7. The van der Waals surface area contributed by atoms with Crippen LogP contribution in [0.25, 0.3) is 0 Å². The lowest BCUT2D eigenvalue weighted by atomic mass is 9.74. The molecular formula is C30H40N4O5. The predicted octanol–water partition coefficient (Wildman–Crippen LogP) is 3.65. The van der Waals surface area contributed by atoms with E-state index >= 15 is 0 Å². The van der Waals surface area contributed by atoms with Crippen molar-refractivity contribution in [2.24, 2.45) is 10.8 Å². The minimum Gasteiger partial charge on any atom is -0.462 e. The van der Waals surface area contributed by atoms with Gasteiger partial charge in [0.25, 0.3) is 11.8 Å². The van der Waals surface area contributed by atoms with Gasteiger partial charge in [0.1, 0.15) is 5.69 Å². The third-order valence-corrected chi connectivity index (χ3v) is 8.38. The first kappa shape index (κ1) is 27.4. The molecule has 0 saturated carbocycles. The van der Waals surface area contributed by atoms with Crippen molar-refractivity contribution < 1.29 is 23.9 Å². The summed E-state index contributed by atoms with van der Waals surface area (Å²) in [5.74, 6) is -0.470. The van der Waals surface area contributed by atoms with Crippen LogP contribution in [0, 0.1) is 10.8 Å². The van der Waals surface area contributed by atoms with E-state index in [1.807, 2.05) is 16.5 Å². The molecule has 0 unspecified atom stereocenters. The largest absolute Gasteiger partial charge is 0.462 e. The van der Waals surface area contributed by atoms with E-state index in [9.17, 15) is 14.4 Å². The zero-order valence-corrected chi connectivity index (χ0v) is 23.4. The molecule has 2 amide bonds. The minimum atomic E-state index is -0.415. The summed E-state index contributed by atoms with van der Waals surface area (Å²) in [7, 11) is 0. The van der Waals surface area contributed by atoms with E-state index in [0.29, 0.717) is 49.5 Å². The summed E-state index contributed by atoms with van der Waals surface area (Å²) in [6.07, 6.45) is 5.27. The van der Waals surface area contributed by atoms with Gasteiger partial charge in [0, 0.05) is 62.4 Å². The summed E-state index contributed by atoms with van der Waals surface area (Å²) < 4.78 is 13.2. The molecule has 0 bridgehead atoms. The van der Waals surface area contributed by atoms with Crippen LogP contribution in [0.3, 0.4) is 0 Å². The maximum atomic E-state index is 13.1. The number of benzene rings is 1. The van der Waals surface area contributed by atoms with Gasteiger partial charge in [0.2, 0.25) is 0 Å². The lowest BCUT2D eigenvalue weighted by molar-refractivity contribution is 0.0159. The molecule has 3 aliphatic rings. The predicted molar refractivity (Wildman–Crippen MR) is 146 cm³/mol. The van der Waals surface area contributed by atoms with Crippen LogP contribution in [-0.2, 0) is 28.9 Å². The quantitative estimate of drug-likeness (QED) is 0.542. The summed E-state index contributed by atoms with van der Waals surface area (Å²) in [5.41, 5.74) is 3.18. The Labute approximate surface area is 230 Å². The minimum absolute atomic E-state index is 0.00964.